The molecule has 1 aliphatic heterocycles. The van der Waals surface area contributed by atoms with Gasteiger partial charge in [0, 0.05) is 6.54 Å². The monoisotopic (exact) mass is 102 g/mol. The number of nitrogens with one attached hydrogen (secondary N) is 1. The van der Waals surface area contributed by atoms with Crippen molar-refractivity contribution in [3.8, 4) is 0 Å². The Morgan fingerprint density at radius 1 is 1.86 bits per heavy atom. The Morgan fingerprint density at radius 2 is 2.57 bits per heavy atom. The molecular formula is C4H10N2O. The molecule has 3 N–H and O–H groups in total. The smallest absolute Gasteiger partial charge is 0.161 e. The maximum Gasteiger partial charge on any atom is 0.161 e. The Balaban J connectivity index is 2.26. The summed E-state index contributed by atoms with van der Waals surface area (Å²) in [6, 6.07) is 0. The van der Waals surface area contributed by atoms with E-state index in [2.05, 4.69) is 5.32 Å². The minimum absolute atomic E-state index is 0.227. The zero-order valence-corrected chi connectivity index (χ0v) is 4.35. The Kier molecular flexibility index (Phi) is 1.27. The van der Waals surface area contributed by atoms with Gasteiger partial charge in [-0.1, -0.05) is 0 Å². The molecule has 0 bridgehead atoms. The van der Waals surface area contributed by atoms with E-state index in [1.54, 1.807) is 0 Å². The lowest BCUT2D eigenvalue weighted by Crippen LogP contribution is -2.31. The molecule has 0 aromatic heterocycles. The summed E-state index contributed by atoms with van der Waals surface area (Å²) in [5.41, 5.74) is 5.29. The van der Waals surface area contributed by atoms with E-state index in [0.717, 1.165) is 6.54 Å². The first-order valence-corrected chi connectivity index (χ1v) is 2.43. The van der Waals surface area contributed by atoms with Crippen molar-refractivity contribution in [2.24, 2.45) is 5.73 Å². The first kappa shape index (κ1) is 5.03. The third kappa shape index (κ3) is 1.12. The summed E-state index contributed by atoms with van der Waals surface area (Å²) < 4.78 is 5.03. The molecule has 1 saturated heterocycles. The highest BCUT2D eigenvalue weighted by Crippen LogP contribution is 1.96. The van der Waals surface area contributed by atoms with Gasteiger partial charge in [-0.15, -0.1) is 0 Å². The quantitative estimate of drug-likeness (QED) is 0.422. The van der Waals surface area contributed by atoms with E-state index in [0.29, 0.717) is 0 Å². The summed E-state index contributed by atoms with van der Waals surface area (Å²) in [5.74, 6) is 0. The summed E-state index contributed by atoms with van der Waals surface area (Å²) in [5, 5.41) is 2.92. The zero-order chi connectivity index (χ0) is 5.28. The van der Waals surface area contributed by atoms with E-state index in [1.165, 1.54) is 0 Å². The van der Waals surface area contributed by atoms with E-state index in [-0.39, 0.29) is 12.5 Å². The van der Waals surface area contributed by atoms with Crippen LogP contribution in [0.1, 0.15) is 6.92 Å². The third-order valence-corrected chi connectivity index (χ3v) is 0.985. The molecule has 2 atom stereocenters. The molecule has 1 aliphatic rings. The van der Waals surface area contributed by atoms with Gasteiger partial charge < -0.3 is 4.74 Å². The van der Waals surface area contributed by atoms with Gasteiger partial charge in [0.1, 0.15) is 0 Å². The molecule has 7 heavy (non-hydrogen) atoms. The number of hydrogen-bond donors (Lipinski definition) is 2. The van der Waals surface area contributed by atoms with Crippen LogP contribution in [0.5, 0.6) is 0 Å². The van der Waals surface area contributed by atoms with Crippen molar-refractivity contribution >= 4 is 0 Å². The molecule has 42 valence electrons. The topological polar surface area (TPSA) is 47.3 Å². The Morgan fingerprint density at radius 3 is 2.71 bits per heavy atom. The first-order chi connectivity index (χ1) is 3.29. The van der Waals surface area contributed by atoms with Crippen LogP contribution in [-0.2, 0) is 4.74 Å². The maximum absolute atomic E-state index is 5.29. The van der Waals surface area contributed by atoms with Crippen LogP contribution < -0.4 is 11.1 Å². The van der Waals surface area contributed by atoms with Crippen LogP contribution in [-0.4, -0.2) is 19.0 Å². The predicted molar refractivity (Wildman–Crippen MR) is 26.5 cm³/mol. The summed E-state index contributed by atoms with van der Waals surface area (Å²) in [7, 11) is 0. The Labute approximate surface area is 42.8 Å². The number of rotatable bonds is 0. The highest BCUT2D eigenvalue weighted by molar-refractivity contribution is 4.63. The second kappa shape index (κ2) is 1.78. The lowest BCUT2D eigenvalue weighted by Gasteiger charge is -2.00. The minimum Gasteiger partial charge on any atom is -0.346 e. The number of nitrogens with two attached hydrogens (primary N) is 1. The van der Waals surface area contributed by atoms with Crippen LogP contribution in [0.4, 0.5) is 0 Å². The van der Waals surface area contributed by atoms with Crippen LogP contribution in [0.15, 0.2) is 0 Å². The Hall–Kier alpha value is -0.120. The molecule has 0 aliphatic carbocycles. The summed E-state index contributed by atoms with van der Waals surface area (Å²) in [6.45, 7) is 2.86. The average Bonchev–Trinajstić information content (AvgIpc) is 1.87. The minimum atomic E-state index is -0.227. The molecule has 0 radical (unpaired) electrons. The highest BCUT2D eigenvalue weighted by atomic mass is 16.5. The molecule has 1 rings (SSSR count). The fourth-order valence-electron chi connectivity index (χ4n) is 0.629. The van der Waals surface area contributed by atoms with Gasteiger partial charge in [0.25, 0.3) is 0 Å². The van der Waals surface area contributed by atoms with Gasteiger partial charge in [-0.2, -0.15) is 0 Å². The van der Waals surface area contributed by atoms with E-state index in [1.807, 2.05) is 6.92 Å². The average molecular weight is 102 g/mol. The van der Waals surface area contributed by atoms with Gasteiger partial charge in [-0.3, -0.25) is 11.1 Å². The maximum atomic E-state index is 5.29. The first-order valence-electron chi connectivity index (χ1n) is 2.43. The van der Waals surface area contributed by atoms with Crippen molar-refractivity contribution in [2.75, 3.05) is 6.54 Å². The van der Waals surface area contributed by atoms with Gasteiger partial charge in [-0.25, -0.2) is 0 Å². The lowest BCUT2D eigenvalue weighted by atomic mass is 10.4. The second-order valence-corrected chi connectivity index (χ2v) is 1.78. The van der Waals surface area contributed by atoms with E-state index < -0.39 is 0 Å². The van der Waals surface area contributed by atoms with E-state index in [9.17, 15) is 0 Å². The van der Waals surface area contributed by atoms with Crippen LogP contribution in [0, 0.1) is 0 Å². The van der Waals surface area contributed by atoms with Crippen molar-refractivity contribution in [3.05, 3.63) is 0 Å². The largest absolute Gasteiger partial charge is 0.346 e. The van der Waals surface area contributed by atoms with Gasteiger partial charge >= 0.3 is 0 Å². The normalized spacial score (nSPS) is 42.0. The van der Waals surface area contributed by atoms with Crippen molar-refractivity contribution < 1.29 is 4.74 Å². The highest BCUT2D eigenvalue weighted by Gasteiger charge is 2.15. The van der Waals surface area contributed by atoms with Crippen LogP contribution in [0.2, 0.25) is 0 Å². The van der Waals surface area contributed by atoms with E-state index in [4.69, 9.17) is 10.5 Å². The van der Waals surface area contributed by atoms with Crippen molar-refractivity contribution in [1.82, 2.24) is 5.32 Å². The van der Waals surface area contributed by atoms with Crippen LogP contribution in [0.3, 0.4) is 0 Å². The summed E-state index contributed by atoms with van der Waals surface area (Å²) in [4.78, 5) is 0. The Bertz CT molecular complexity index is 58.7. The van der Waals surface area contributed by atoms with Gasteiger partial charge in [0.2, 0.25) is 0 Å². The van der Waals surface area contributed by atoms with Gasteiger partial charge in [0.15, 0.2) is 6.35 Å². The molecule has 0 aromatic rings. The summed E-state index contributed by atoms with van der Waals surface area (Å²) >= 11 is 0. The molecule has 3 nitrogen and oxygen atoms in total. The van der Waals surface area contributed by atoms with Gasteiger partial charge in [0.05, 0.1) is 6.10 Å². The van der Waals surface area contributed by atoms with Crippen LogP contribution >= 0.6 is 0 Å². The third-order valence-electron chi connectivity index (χ3n) is 0.985. The standard InChI is InChI=1S/C4H10N2O/c1-3-2-6-4(5)7-3/h3-4,6H,2,5H2,1H3. The van der Waals surface area contributed by atoms with E-state index >= 15 is 0 Å². The fourth-order valence-corrected chi connectivity index (χ4v) is 0.629. The molecule has 0 spiro atoms. The molecule has 2 unspecified atom stereocenters. The lowest BCUT2D eigenvalue weighted by molar-refractivity contribution is 0.0560. The summed E-state index contributed by atoms with van der Waals surface area (Å²) in [6.07, 6.45) is 0.0602. The molecule has 0 aromatic carbocycles. The van der Waals surface area contributed by atoms with Gasteiger partial charge in [-0.05, 0) is 6.92 Å². The molecule has 3 heteroatoms. The predicted octanol–water partition coefficient (Wildman–Crippen LogP) is -0.763. The van der Waals surface area contributed by atoms with Crippen molar-refractivity contribution in [3.63, 3.8) is 0 Å². The second-order valence-electron chi connectivity index (χ2n) is 1.78. The van der Waals surface area contributed by atoms with Crippen LogP contribution in [0.25, 0.3) is 0 Å². The molecular weight excluding hydrogens is 92.1 g/mol. The zero-order valence-electron chi connectivity index (χ0n) is 4.35. The van der Waals surface area contributed by atoms with Crippen molar-refractivity contribution in [2.45, 2.75) is 19.4 Å². The SMILES string of the molecule is CC1CNC(N)O1. The molecule has 0 saturated carbocycles. The number of ether oxygens (including phenoxy) is 1. The fraction of sp³-hybridized carbons (Fsp3) is 1.00. The van der Waals surface area contributed by atoms with Crippen molar-refractivity contribution in [1.29, 1.82) is 0 Å². The molecule has 1 heterocycles. The molecule has 1 fully saturated rings. The number of hydrogen-bond acceptors (Lipinski definition) is 3. The molecule has 0 amide bonds.